The molecule has 3 amide bonds. The first kappa shape index (κ1) is 18.4. The number of hydrogen-bond acceptors (Lipinski definition) is 4. The van der Waals surface area contributed by atoms with Gasteiger partial charge in [0.2, 0.25) is 11.8 Å². The molecule has 2 atom stereocenters. The van der Waals surface area contributed by atoms with Crippen molar-refractivity contribution in [3.8, 4) is 0 Å². The zero-order valence-electron chi connectivity index (χ0n) is 13.3. The maximum atomic E-state index is 12.2. The van der Waals surface area contributed by atoms with E-state index in [0.29, 0.717) is 12.0 Å². The Morgan fingerprint density at radius 3 is 2.54 bits per heavy atom. The van der Waals surface area contributed by atoms with Crippen LogP contribution in [0.2, 0.25) is 0 Å². The number of carbonyl (C=O) groups is 3. The van der Waals surface area contributed by atoms with E-state index in [9.17, 15) is 14.4 Å². The normalized spacial score (nSPS) is 23.3. The predicted molar refractivity (Wildman–Crippen MR) is 92.0 cm³/mol. The molecule has 0 aromatic heterocycles. The summed E-state index contributed by atoms with van der Waals surface area (Å²) in [6.07, 6.45) is 2.84. The summed E-state index contributed by atoms with van der Waals surface area (Å²) in [5.74, 6) is -0.784. The fourth-order valence-electron chi connectivity index (χ4n) is 3.09. The monoisotopic (exact) mass is 351 g/mol. The van der Waals surface area contributed by atoms with E-state index in [-0.39, 0.29) is 48.5 Å². The van der Waals surface area contributed by atoms with Gasteiger partial charge in [-0.3, -0.25) is 19.7 Å². The molecule has 1 aromatic carbocycles. The molecule has 0 radical (unpaired) electrons. The van der Waals surface area contributed by atoms with Crippen molar-refractivity contribution in [3.63, 3.8) is 0 Å². The third-order valence-corrected chi connectivity index (χ3v) is 4.40. The summed E-state index contributed by atoms with van der Waals surface area (Å²) in [6.45, 7) is 1.83. The minimum atomic E-state index is -0.296. The summed E-state index contributed by atoms with van der Waals surface area (Å²) in [4.78, 5) is 35.0. The van der Waals surface area contributed by atoms with Crippen LogP contribution in [0.4, 0.5) is 0 Å². The second-order valence-electron chi connectivity index (χ2n) is 6.23. The lowest BCUT2D eigenvalue weighted by Crippen LogP contribution is -2.45. The Morgan fingerprint density at radius 1 is 1.21 bits per heavy atom. The van der Waals surface area contributed by atoms with Crippen LogP contribution in [0.5, 0.6) is 0 Å². The van der Waals surface area contributed by atoms with Gasteiger partial charge in [0.1, 0.15) is 0 Å². The number of hydrogen-bond donors (Lipinski definition) is 3. The van der Waals surface area contributed by atoms with Crippen LogP contribution < -0.4 is 16.0 Å². The topological polar surface area (TPSA) is 87.3 Å². The van der Waals surface area contributed by atoms with Gasteiger partial charge in [-0.25, -0.2) is 0 Å². The van der Waals surface area contributed by atoms with Gasteiger partial charge in [0.15, 0.2) is 0 Å². The summed E-state index contributed by atoms with van der Waals surface area (Å²) in [6, 6.07) is 7.43. The van der Waals surface area contributed by atoms with Crippen molar-refractivity contribution in [1.29, 1.82) is 0 Å². The minimum Gasteiger partial charge on any atom is -0.348 e. The van der Waals surface area contributed by atoms with E-state index in [2.05, 4.69) is 16.0 Å². The Bertz CT molecular complexity index is 612. The van der Waals surface area contributed by atoms with Gasteiger partial charge in [0, 0.05) is 24.6 Å². The molecule has 0 bridgehead atoms. The number of halogens is 1. The van der Waals surface area contributed by atoms with Crippen LogP contribution in [-0.4, -0.2) is 36.9 Å². The van der Waals surface area contributed by atoms with E-state index in [4.69, 9.17) is 0 Å². The van der Waals surface area contributed by atoms with Crippen LogP contribution in [0, 0.1) is 5.92 Å². The Labute approximate surface area is 147 Å². The van der Waals surface area contributed by atoms with Crippen molar-refractivity contribution < 1.29 is 14.4 Å². The van der Waals surface area contributed by atoms with E-state index in [1.54, 1.807) is 12.1 Å². The van der Waals surface area contributed by atoms with Gasteiger partial charge >= 0.3 is 0 Å². The van der Waals surface area contributed by atoms with Crippen molar-refractivity contribution >= 4 is 30.1 Å². The first-order valence-electron chi connectivity index (χ1n) is 8.06. The highest BCUT2D eigenvalue weighted by Crippen LogP contribution is 2.17. The lowest BCUT2D eigenvalue weighted by Gasteiger charge is -2.23. The zero-order valence-corrected chi connectivity index (χ0v) is 14.2. The molecule has 130 valence electrons. The van der Waals surface area contributed by atoms with Gasteiger partial charge < -0.3 is 10.6 Å². The second-order valence-corrected chi connectivity index (χ2v) is 6.23. The number of benzene rings is 1. The first-order chi connectivity index (χ1) is 11.1. The summed E-state index contributed by atoms with van der Waals surface area (Å²) >= 11 is 0. The highest BCUT2D eigenvalue weighted by Gasteiger charge is 2.30. The molecule has 7 heteroatoms. The van der Waals surface area contributed by atoms with Crippen LogP contribution in [0.3, 0.4) is 0 Å². The number of piperidine rings is 1. The van der Waals surface area contributed by atoms with Gasteiger partial charge in [-0.05, 0) is 43.5 Å². The number of amides is 3. The molecule has 2 fully saturated rings. The van der Waals surface area contributed by atoms with Crippen molar-refractivity contribution in [1.82, 2.24) is 16.0 Å². The smallest absolute Gasteiger partial charge is 0.251 e. The summed E-state index contributed by atoms with van der Waals surface area (Å²) in [5.41, 5.74) is 1.57. The molecule has 1 aromatic rings. The van der Waals surface area contributed by atoms with Gasteiger partial charge in [-0.15, -0.1) is 12.4 Å². The largest absolute Gasteiger partial charge is 0.348 e. The van der Waals surface area contributed by atoms with Crippen molar-refractivity contribution in [2.24, 2.45) is 5.92 Å². The molecule has 3 rings (SSSR count). The van der Waals surface area contributed by atoms with E-state index in [1.165, 1.54) is 0 Å². The van der Waals surface area contributed by atoms with Gasteiger partial charge in [-0.2, -0.15) is 0 Å². The second kappa shape index (κ2) is 8.26. The number of carbonyl (C=O) groups excluding carboxylic acids is 3. The number of imide groups is 1. The fraction of sp³-hybridized carbons (Fsp3) is 0.471. The molecule has 1 unspecified atom stereocenters. The van der Waals surface area contributed by atoms with Crippen molar-refractivity contribution in [2.45, 2.75) is 31.7 Å². The molecule has 0 aliphatic carbocycles. The molecule has 6 nitrogen and oxygen atoms in total. The Morgan fingerprint density at radius 2 is 1.96 bits per heavy atom. The number of nitrogens with one attached hydrogen (secondary N) is 3. The van der Waals surface area contributed by atoms with Gasteiger partial charge in [0.25, 0.3) is 5.91 Å². The lowest BCUT2D eigenvalue weighted by molar-refractivity contribution is -0.125. The van der Waals surface area contributed by atoms with Gasteiger partial charge in [0.05, 0.1) is 5.92 Å². The average molecular weight is 352 g/mol. The Balaban J connectivity index is 0.00000208. The lowest BCUT2D eigenvalue weighted by atomic mass is 9.97. The maximum absolute atomic E-state index is 12.2. The van der Waals surface area contributed by atoms with E-state index in [0.717, 1.165) is 31.5 Å². The predicted octanol–water partition coefficient (Wildman–Crippen LogP) is 0.795. The molecule has 0 saturated carbocycles. The molecule has 3 N–H and O–H groups in total. The maximum Gasteiger partial charge on any atom is 0.251 e. The molecule has 2 aliphatic heterocycles. The summed E-state index contributed by atoms with van der Waals surface area (Å²) < 4.78 is 0. The minimum absolute atomic E-state index is 0. The van der Waals surface area contributed by atoms with Crippen LogP contribution in [0.1, 0.15) is 35.2 Å². The van der Waals surface area contributed by atoms with E-state index >= 15 is 0 Å². The summed E-state index contributed by atoms with van der Waals surface area (Å²) in [7, 11) is 0. The highest BCUT2D eigenvalue weighted by molar-refractivity contribution is 6.03. The molecule has 24 heavy (non-hydrogen) atoms. The quantitative estimate of drug-likeness (QED) is 0.700. The van der Waals surface area contributed by atoms with E-state index in [1.807, 2.05) is 12.1 Å². The van der Waals surface area contributed by atoms with E-state index < -0.39 is 0 Å². The summed E-state index contributed by atoms with van der Waals surface area (Å²) in [5, 5.41) is 8.61. The zero-order chi connectivity index (χ0) is 16.2. The van der Waals surface area contributed by atoms with Crippen molar-refractivity contribution in [2.75, 3.05) is 13.1 Å². The highest BCUT2D eigenvalue weighted by atomic mass is 35.5. The Hall–Kier alpha value is -1.92. The Kier molecular flexibility index (Phi) is 6.34. The van der Waals surface area contributed by atoms with Crippen LogP contribution in [-0.2, 0) is 16.0 Å². The number of rotatable bonds is 4. The molecule has 0 spiro atoms. The molecule has 2 saturated heterocycles. The van der Waals surface area contributed by atoms with Crippen LogP contribution in [0.15, 0.2) is 24.3 Å². The molecule has 2 heterocycles. The molecular weight excluding hydrogens is 330 g/mol. The molecule has 2 aliphatic rings. The first-order valence-corrected chi connectivity index (χ1v) is 8.06. The van der Waals surface area contributed by atoms with Crippen LogP contribution in [0.25, 0.3) is 0 Å². The average Bonchev–Trinajstić information content (AvgIpc) is 2.86. The third-order valence-electron chi connectivity index (χ3n) is 4.40. The van der Waals surface area contributed by atoms with Crippen LogP contribution >= 0.6 is 12.4 Å². The van der Waals surface area contributed by atoms with Gasteiger partial charge in [-0.1, -0.05) is 12.1 Å². The standard InChI is InChI=1S/C17H21N3O3.ClH/c21-15-9-13(17(23)20-15)8-11-3-5-12(6-4-11)16(22)19-14-2-1-7-18-10-14;/h3-6,13-14,18H,1-2,7-10H2,(H,19,22)(H,20,21,23);1H/t13?,14-;/m0./s1. The third kappa shape index (κ3) is 4.55. The fourth-order valence-corrected chi connectivity index (χ4v) is 3.09. The molecular formula is C17H22ClN3O3. The SMILES string of the molecule is Cl.O=C1CC(Cc2ccc(C(=O)N[C@H]3CCCNC3)cc2)C(=O)N1. The van der Waals surface area contributed by atoms with Crippen molar-refractivity contribution in [3.05, 3.63) is 35.4 Å².